The van der Waals surface area contributed by atoms with Gasteiger partial charge in [-0.05, 0) is 41.2 Å². The van der Waals surface area contributed by atoms with Crippen molar-refractivity contribution in [2.24, 2.45) is 0 Å². The van der Waals surface area contributed by atoms with Crippen LogP contribution in [0.25, 0.3) is 0 Å². The maximum Gasteiger partial charge on any atom is 0.338 e. The van der Waals surface area contributed by atoms with Gasteiger partial charge in [-0.3, -0.25) is 4.79 Å². The maximum absolute atomic E-state index is 12.4. The number of carbonyl (C=O) groups is 2. The molecule has 3 rings (SSSR count). The molecule has 0 bridgehead atoms. The van der Waals surface area contributed by atoms with Crippen LogP contribution in [-0.4, -0.2) is 25.0 Å². The van der Waals surface area contributed by atoms with Gasteiger partial charge in [0.2, 0.25) is 0 Å². The van der Waals surface area contributed by atoms with Gasteiger partial charge in [0.05, 0.1) is 5.56 Å². The minimum atomic E-state index is -0.471. The van der Waals surface area contributed by atoms with E-state index in [0.29, 0.717) is 12.1 Å². The Kier molecular flexibility index (Phi) is 4.62. The van der Waals surface area contributed by atoms with Gasteiger partial charge in [0.15, 0.2) is 6.61 Å². The largest absolute Gasteiger partial charge is 0.452 e. The summed E-state index contributed by atoms with van der Waals surface area (Å²) in [5.74, 6) is -0.661. The molecular weight excluding hydrogens is 314 g/mol. The Morgan fingerprint density at radius 1 is 1.04 bits per heavy atom. The number of amides is 1. The second-order valence-electron chi connectivity index (χ2n) is 7.33. The van der Waals surface area contributed by atoms with Crippen molar-refractivity contribution in [1.82, 2.24) is 0 Å². The summed E-state index contributed by atoms with van der Waals surface area (Å²) < 4.78 is 5.21. The molecule has 0 N–H and O–H groups in total. The van der Waals surface area contributed by atoms with Crippen LogP contribution in [0.15, 0.2) is 48.5 Å². The third kappa shape index (κ3) is 3.73. The Labute approximate surface area is 148 Å². The van der Waals surface area contributed by atoms with Gasteiger partial charge in [-0.1, -0.05) is 51.1 Å². The molecular formula is C21H23NO3. The molecule has 25 heavy (non-hydrogen) atoms. The second-order valence-corrected chi connectivity index (χ2v) is 7.33. The molecule has 0 aromatic heterocycles. The van der Waals surface area contributed by atoms with E-state index in [0.717, 1.165) is 23.2 Å². The third-order valence-electron chi connectivity index (χ3n) is 4.50. The molecule has 2 aromatic carbocycles. The highest BCUT2D eigenvalue weighted by molar-refractivity contribution is 5.98. The van der Waals surface area contributed by atoms with Gasteiger partial charge in [0, 0.05) is 12.2 Å². The molecule has 0 spiro atoms. The molecule has 0 aliphatic carbocycles. The van der Waals surface area contributed by atoms with Gasteiger partial charge < -0.3 is 9.64 Å². The van der Waals surface area contributed by atoms with Crippen molar-refractivity contribution >= 4 is 17.6 Å². The zero-order chi connectivity index (χ0) is 18.0. The summed E-state index contributed by atoms with van der Waals surface area (Å²) in [6.45, 7) is 6.75. The van der Waals surface area contributed by atoms with Crippen LogP contribution in [-0.2, 0) is 21.4 Å². The Bertz CT molecular complexity index is 788. The molecule has 4 heteroatoms. The van der Waals surface area contributed by atoms with E-state index in [9.17, 15) is 9.59 Å². The smallest absolute Gasteiger partial charge is 0.338 e. The minimum Gasteiger partial charge on any atom is -0.452 e. The number of fused-ring (bicyclic) bond motifs is 1. The zero-order valence-electron chi connectivity index (χ0n) is 14.9. The molecule has 2 aromatic rings. The van der Waals surface area contributed by atoms with Crippen LogP contribution in [0.5, 0.6) is 0 Å². The fourth-order valence-corrected chi connectivity index (χ4v) is 2.99. The molecule has 0 saturated carbocycles. The van der Waals surface area contributed by atoms with Gasteiger partial charge in [-0.2, -0.15) is 0 Å². The summed E-state index contributed by atoms with van der Waals surface area (Å²) in [7, 11) is 0. The highest BCUT2D eigenvalue weighted by Crippen LogP contribution is 2.27. The van der Waals surface area contributed by atoms with Gasteiger partial charge in [-0.25, -0.2) is 4.79 Å². The molecule has 0 saturated heterocycles. The summed E-state index contributed by atoms with van der Waals surface area (Å²) >= 11 is 0. The molecule has 0 fully saturated rings. The number of para-hydroxylation sites is 1. The Hall–Kier alpha value is -2.62. The first kappa shape index (κ1) is 17.2. The first-order valence-corrected chi connectivity index (χ1v) is 8.52. The van der Waals surface area contributed by atoms with Gasteiger partial charge in [0.25, 0.3) is 5.91 Å². The summed E-state index contributed by atoms with van der Waals surface area (Å²) in [5, 5.41) is 0. The van der Waals surface area contributed by atoms with Crippen LogP contribution in [0.1, 0.15) is 42.3 Å². The summed E-state index contributed by atoms with van der Waals surface area (Å²) in [5.41, 5.74) is 3.70. The average Bonchev–Trinajstić information content (AvgIpc) is 3.03. The van der Waals surface area contributed by atoms with Crippen LogP contribution in [0.2, 0.25) is 0 Å². The van der Waals surface area contributed by atoms with Crippen molar-refractivity contribution in [1.29, 1.82) is 0 Å². The number of hydrogen-bond donors (Lipinski definition) is 0. The second kappa shape index (κ2) is 6.71. The molecule has 0 atom stereocenters. The van der Waals surface area contributed by atoms with Crippen LogP contribution >= 0.6 is 0 Å². The van der Waals surface area contributed by atoms with Gasteiger partial charge >= 0.3 is 5.97 Å². The number of carbonyl (C=O) groups excluding carboxylic acids is 2. The SMILES string of the molecule is CC(C)(C)c1ccc(C(=O)OCC(=O)N2CCc3ccccc32)cc1. The molecule has 0 radical (unpaired) electrons. The number of esters is 1. The minimum absolute atomic E-state index is 0.0293. The fourth-order valence-electron chi connectivity index (χ4n) is 2.99. The van der Waals surface area contributed by atoms with E-state index in [1.807, 2.05) is 36.4 Å². The Morgan fingerprint density at radius 2 is 1.72 bits per heavy atom. The van der Waals surface area contributed by atoms with E-state index >= 15 is 0 Å². The molecule has 1 aliphatic heterocycles. The molecule has 1 heterocycles. The topological polar surface area (TPSA) is 46.6 Å². The lowest BCUT2D eigenvalue weighted by Crippen LogP contribution is -2.33. The molecule has 0 unspecified atom stereocenters. The van der Waals surface area contributed by atoms with Gasteiger partial charge in [-0.15, -0.1) is 0 Å². The zero-order valence-corrected chi connectivity index (χ0v) is 14.9. The first-order valence-electron chi connectivity index (χ1n) is 8.52. The quantitative estimate of drug-likeness (QED) is 0.802. The lowest BCUT2D eigenvalue weighted by molar-refractivity contribution is -0.121. The number of nitrogens with zero attached hydrogens (tertiary/aromatic N) is 1. The summed E-state index contributed by atoms with van der Waals surface area (Å²) in [4.78, 5) is 26.2. The number of ether oxygens (including phenoxy) is 1. The maximum atomic E-state index is 12.4. The van der Waals surface area contributed by atoms with E-state index in [4.69, 9.17) is 4.74 Å². The third-order valence-corrected chi connectivity index (χ3v) is 4.50. The van der Waals surface area contributed by atoms with Crippen molar-refractivity contribution in [3.63, 3.8) is 0 Å². The monoisotopic (exact) mass is 337 g/mol. The number of benzene rings is 2. The fraction of sp³-hybridized carbons (Fsp3) is 0.333. The lowest BCUT2D eigenvalue weighted by Gasteiger charge is -2.19. The highest BCUT2D eigenvalue weighted by atomic mass is 16.5. The lowest BCUT2D eigenvalue weighted by atomic mass is 9.87. The van der Waals surface area contributed by atoms with Crippen LogP contribution in [0.4, 0.5) is 5.69 Å². The van der Waals surface area contributed by atoms with E-state index in [2.05, 4.69) is 20.8 Å². The van der Waals surface area contributed by atoms with Crippen molar-refractivity contribution < 1.29 is 14.3 Å². The van der Waals surface area contributed by atoms with E-state index in [1.165, 1.54) is 0 Å². The average molecular weight is 337 g/mol. The van der Waals surface area contributed by atoms with Crippen molar-refractivity contribution in [2.75, 3.05) is 18.1 Å². The van der Waals surface area contributed by atoms with Crippen LogP contribution in [0, 0.1) is 0 Å². The first-order chi connectivity index (χ1) is 11.9. The van der Waals surface area contributed by atoms with E-state index < -0.39 is 5.97 Å². The highest BCUT2D eigenvalue weighted by Gasteiger charge is 2.25. The number of anilines is 1. The predicted octanol–water partition coefficient (Wildman–Crippen LogP) is 3.73. The van der Waals surface area contributed by atoms with Gasteiger partial charge in [0.1, 0.15) is 0 Å². The number of rotatable bonds is 3. The Morgan fingerprint density at radius 3 is 2.40 bits per heavy atom. The molecule has 1 amide bonds. The molecule has 130 valence electrons. The number of hydrogen-bond acceptors (Lipinski definition) is 3. The van der Waals surface area contributed by atoms with E-state index in [1.54, 1.807) is 17.0 Å². The summed E-state index contributed by atoms with van der Waals surface area (Å²) in [6, 6.07) is 15.2. The van der Waals surface area contributed by atoms with Crippen LogP contribution in [0.3, 0.4) is 0 Å². The summed E-state index contributed by atoms with van der Waals surface area (Å²) in [6.07, 6.45) is 0.837. The van der Waals surface area contributed by atoms with Crippen LogP contribution < -0.4 is 4.90 Å². The molecule has 4 nitrogen and oxygen atoms in total. The van der Waals surface area contributed by atoms with E-state index in [-0.39, 0.29) is 17.9 Å². The normalized spacial score (nSPS) is 13.5. The van der Waals surface area contributed by atoms with Crippen molar-refractivity contribution in [2.45, 2.75) is 32.6 Å². The van der Waals surface area contributed by atoms with Crippen molar-refractivity contribution in [3.8, 4) is 0 Å². The predicted molar refractivity (Wildman–Crippen MR) is 97.9 cm³/mol. The van der Waals surface area contributed by atoms with Crippen molar-refractivity contribution in [3.05, 3.63) is 65.2 Å². The molecule has 1 aliphatic rings. The Balaban J connectivity index is 1.60. The standard InChI is InChI=1S/C21H23NO3/c1-21(2,3)17-10-8-16(9-11-17)20(24)25-14-19(23)22-13-12-15-6-4-5-7-18(15)22/h4-11H,12-14H2,1-3H3.